The summed E-state index contributed by atoms with van der Waals surface area (Å²) in [5, 5.41) is 3.22. The molecule has 0 atom stereocenters. The second-order valence-corrected chi connectivity index (χ2v) is 4.44. The maximum Gasteiger partial charge on any atom is 0.147 e. The first-order chi connectivity index (χ1) is 9.31. The number of benzene rings is 1. The number of nitrogens with zero attached hydrogens (tertiary/aromatic N) is 1. The van der Waals surface area contributed by atoms with Gasteiger partial charge in [-0.15, -0.1) is 0 Å². The first-order valence-electron chi connectivity index (χ1n) is 6.77. The fourth-order valence-electron chi connectivity index (χ4n) is 1.92. The molecule has 0 spiro atoms. The van der Waals surface area contributed by atoms with E-state index in [1.54, 1.807) is 12.4 Å². The summed E-state index contributed by atoms with van der Waals surface area (Å²) in [6.07, 6.45) is 5.79. The van der Waals surface area contributed by atoms with Crippen LogP contribution in [0.1, 0.15) is 25.8 Å². The Balaban J connectivity index is 2.05. The average molecular weight is 256 g/mol. The van der Waals surface area contributed by atoms with Crippen molar-refractivity contribution >= 4 is 5.69 Å². The van der Waals surface area contributed by atoms with Crippen LogP contribution in [-0.4, -0.2) is 11.5 Å². The monoisotopic (exact) mass is 256 g/mol. The highest BCUT2D eigenvalue weighted by molar-refractivity contribution is 5.46. The number of hydrogen-bond donors (Lipinski definition) is 1. The number of rotatable bonds is 6. The van der Waals surface area contributed by atoms with Crippen LogP contribution < -0.4 is 10.1 Å². The standard InChI is InChI=1S/C16H20N2O/c1-3-5-13-6-8-15(9-7-13)19-16-10-14(18-4-2)11-17-12-16/h6-12,18H,3-5H2,1-2H3. The van der Waals surface area contributed by atoms with E-state index in [1.807, 2.05) is 18.2 Å². The van der Waals surface area contributed by atoms with Crippen molar-refractivity contribution in [1.29, 1.82) is 0 Å². The number of ether oxygens (including phenoxy) is 1. The van der Waals surface area contributed by atoms with Gasteiger partial charge in [-0.25, -0.2) is 0 Å². The Hall–Kier alpha value is -2.03. The lowest BCUT2D eigenvalue weighted by Crippen LogP contribution is -1.97. The third kappa shape index (κ3) is 3.98. The zero-order chi connectivity index (χ0) is 13.5. The molecule has 1 heterocycles. The number of aryl methyl sites for hydroxylation is 1. The van der Waals surface area contributed by atoms with E-state index in [-0.39, 0.29) is 0 Å². The van der Waals surface area contributed by atoms with Gasteiger partial charge in [0.15, 0.2) is 0 Å². The second kappa shape index (κ2) is 6.78. The molecule has 3 heteroatoms. The van der Waals surface area contributed by atoms with Crippen LogP contribution in [0.2, 0.25) is 0 Å². The third-order valence-electron chi connectivity index (χ3n) is 2.79. The molecule has 0 saturated heterocycles. The van der Waals surface area contributed by atoms with Gasteiger partial charge in [0, 0.05) is 12.6 Å². The van der Waals surface area contributed by atoms with Crippen LogP contribution in [0.5, 0.6) is 11.5 Å². The van der Waals surface area contributed by atoms with Crippen molar-refractivity contribution in [2.24, 2.45) is 0 Å². The van der Waals surface area contributed by atoms with E-state index < -0.39 is 0 Å². The van der Waals surface area contributed by atoms with E-state index >= 15 is 0 Å². The topological polar surface area (TPSA) is 34.1 Å². The maximum absolute atomic E-state index is 5.80. The molecule has 100 valence electrons. The molecule has 0 aliphatic heterocycles. The summed E-state index contributed by atoms with van der Waals surface area (Å²) in [7, 11) is 0. The Morgan fingerprint density at radius 2 is 1.84 bits per heavy atom. The Labute approximate surface area is 114 Å². The maximum atomic E-state index is 5.80. The molecule has 0 amide bonds. The molecular formula is C16H20N2O. The van der Waals surface area contributed by atoms with Gasteiger partial charge in [0.1, 0.15) is 11.5 Å². The van der Waals surface area contributed by atoms with Gasteiger partial charge < -0.3 is 10.1 Å². The fourth-order valence-corrected chi connectivity index (χ4v) is 1.92. The van der Waals surface area contributed by atoms with E-state index in [0.717, 1.165) is 36.6 Å². The summed E-state index contributed by atoms with van der Waals surface area (Å²) in [4.78, 5) is 4.16. The van der Waals surface area contributed by atoms with Crippen LogP contribution in [-0.2, 0) is 6.42 Å². The van der Waals surface area contributed by atoms with Gasteiger partial charge in [0.2, 0.25) is 0 Å². The van der Waals surface area contributed by atoms with Crippen LogP contribution in [0.25, 0.3) is 0 Å². The molecule has 1 aromatic carbocycles. The van der Waals surface area contributed by atoms with Crippen molar-refractivity contribution in [3.63, 3.8) is 0 Å². The molecule has 0 bridgehead atoms. The minimum absolute atomic E-state index is 0.752. The van der Waals surface area contributed by atoms with Crippen molar-refractivity contribution in [3.8, 4) is 11.5 Å². The van der Waals surface area contributed by atoms with Crippen LogP contribution in [0, 0.1) is 0 Å². The fraction of sp³-hybridized carbons (Fsp3) is 0.312. The number of pyridine rings is 1. The molecule has 0 saturated carbocycles. The molecule has 0 aliphatic rings. The van der Waals surface area contributed by atoms with Crippen LogP contribution in [0.4, 0.5) is 5.69 Å². The van der Waals surface area contributed by atoms with Gasteiger partial charge in [-0.2, -0.15) is 0 Å². The largest absolute Gasteiger partial charge is 0.456 e. The van der Waals surface area contributed by atoms with Gasteiger partial charge >= 0.3 is 0 Å². The molecule has 19 heavy (non-hydrogen) atoms. The van der Waals surface area contributed by atoms with Crippen molar-refractivity contribution in [3.05, 3.63) is 48.3 Å². The minimum atomic E-state index is 0.752. The Kier molecular flexibility index (Phi) is 4.78. The summed E-state index contributed by atoms with van der Waals surface area (Å²) < 4.78 is 5.80. The van der Waals surface area contributed by atoms with E-state index in [2.05, 4.69) is 36.3 Å². The third-order valence-corrected chi connectivity index (χ3v) is 2.79. The highest BCUT2D eigenvalue weighted by atomic mass is 16.5. The Morgan fingerprint density at radius 1 is 1.05 bits per heavy atom. The molecule has 0 radical (unpaired) electrons. The molecule has 0 aliphatic carbocycles. The molecule has 0 unspecified atom stereocenters. The van der Waals surface area contributed by atoms with Gasteiger partial charge in [0.25, 0.3) is 0 Å². The molecule has 3 nitrogen and oxygen atoms in total. The quantitative estimate of drug-likeness (QED) is 0.838. The normalized spacial score (nSPS) is 10.2. The zero-order valence-electron chi connectivity index (χ0n) is 11.5. The van der Waals surface area contributed by atoms with E-state index in [0.29, 0.717) is 0 Å². The summed E-state index contributed by atoms with van der Waals surface area (Å²) in [6, 6.07) is 10.2. The lowest BCUT2D eigenvalue weighted by atomic mass is 10.1. The smallest absolute Gasteiger partial charge is 0.147 e. The van der Waals surface area contributed by atoms with E-state index in [9.17, 15) is 0 Å². The highest BCUT2D eigenvalue weighted by Gasteiger charge is 2.00. The number of nitrogens with one attached hydrogen (secondary N) is 1. The lowest BCUT2D eigenvalue weighted by Gasteiger charge is -2.08. The van der Waals surface area contributed by atoms with Gasteiger partial charge in [-0.05, 0) is 31.0 Å². The number of hydrogen-bond acceptors (Lipinski definition) is 3. The molecule has 0 fully saturated rings. The van der Waals surface area contributed by atoms with Crippen molar-refractivity contribution in [2.45, 2.75) is 26.7 Å². The van der Waals surface area contributed by atoms with Crippen LogP contribution in [0.3, 0.4) is 0 Å². The van der Waals surface area contributed by atoms with Gasteiger partial charge in [0.05, 0.1) is 18.1 Å². The number of anilines is 1. The van der Waals surface area contributed by atoms with Crippen LogP contribution in [0.15, 0.2) is 42.7 Å². The van der Waals surface area contributed by atoms with Crippen molar-refractivity contribution < 1.29 is 4.74 Å². The predicted molar refractivity (Wildman–Crippen MR) is 78.9 cm³/mol. The van der Waals surface area contributed by atoms with Crippen molar-refractivity contribution in [2.75, 3.05) is 11.9 Å². The van der Waals surface area contributed by atoms with E-state index in [4.69, 9.17) is 4.74 Å². The average Bonchev–Trinajstić information content (AvgIpc) is 2.42. The highest BCUT2D eigenvalue weighted by Crippen LogP contribution is 2.23. The molecule has 1 aromatic heterocycles. The van der Waals surface area contributed by atoms with Crippen LogP contribution >= 0.6 is 0 Å². The zero-order valence-corrected chi connectivity index (χ0v) is 11.5. The first-order valence-corrected chi connectivity index (χ1v) is 6.77. The molecular weight excluding hydrogens is 236 g/mol. The predicted octanol–water partition coefficient (Wildman–Crippen LogP) is 4.26. The summed E-state index contributed by atoms with van der Waals surface area (Å²) in [5.41, 5.74) is 2.32. The SMILES string of the molecule is CCCc1ccc(Oc2cncc(NCC)c2)cc1. The second-order valence-electron chi connectivity index (χ2n) is 4.44. The van der Waals surface area contributed by atoms with Gasteiger partial charge in [-0.1, -0.05) is 25.5 Å². The molecule has 1 N–H and O–H groups in total. The minimum Gasteiger partial charge on any atom is -0.456 e. The number of aromatic nitrogens is 1. The summed E-state index contributed by atoms with van der Waals surface area (Å²) in [5.74, 6) is 1.59. The lowest BCUT2D eigenvalue weighted by molar-refractivity contribution is 0.480. The summed E-state index contributed by atoms with van der Waals surface area (Å²) in [6.45, 7) is 5.11. The molecule has 2 rings (SSSR count). The summed E-state index contributed by atoms with van der Waals surface area (Å²) >= 11 is 0. The Morgan fingerprint density at radius 3 is 2.53 bits per heavy atom. The van der Waals surface area contributed by atoms with E-state index in [1.165, 1.54) is 5.56 Å². The van der Waals surface area contributed by atoms with Crippen molar-refractivity contribution in [1.82, 2.24) is 4.98 Å². The Bertz CT molecular complexity index is 508. The first kappa shape index (κ1) is 13.4. The van der Waals surface area contributed by atoms with Gasteiger partial charge in [-0.3, -0.25) is 4.98 Å². The molecule has 2 aromatic rings.